The van der Waals surface area contributed by atoms with Crippen LogP contribution in [0.4, 0.5) is 0 Å². The first kappa shape index (κ1) is 10.3. The lowest BCUT2D eigenvalue weighted by Crippen LogP contribution is -2.40. The topological polar surface area (TPSA) is 18.5 Å². The molecule has 3 rings (SSSR count). The highest BCUT2D eigenvalue weighted by atomic mass is 16.7. The van der Waals surface area contributed by atoms with E-state index in [-0.39, 0.29) is 5.79 Å². The Bertz CT molecular complexity index is 341. The first-order chi connectivity index (χ1) is 7.91. The van der Waals surface area contributed by atoms with Crippen LogP contribution in [0.5, 0.6) is 0 Å². The van der Waals surface area contributed by atoms with Gasteiger partial charge in [0.15, 0.2) is 5.79 Å². The summed E-state index contributed by atoms with van der Waals surface area (Å²) < 4.78 is 11.9. The minimum Gasteiger partial charge on any atom is -0.347 e. The van der Waals surface area contributed by atoms with Crippen molar-refractivity contribution in [2.75, 3.05) is 13.2 Å². The lowest BCUT2D eigenvalue weighted by molar-refractivity contribution is -0.191. The molecule has 1 aliphatic heterocycles. The minimum atomic E-state index is -0.306. The monoisotopic (exact) mass is 218 g/mol. The van der Waals surface area contributed by atoms with Gasteiger partial charge in [-0.05, 0) is 18.4 Å². The molecule has 1 saturated carbocycles. The smallest absolute Gasteiger partial charge is 0.175 e. The molecule has 0 amide bonds. The van der Waals surface area contributed by atoms with Gasteiger partial charge in [0.1, 0.15) is 0 Å². The molecule has 1 saturated heterocycles. The van der Waals surface area contributed by atoms with Gasteiger partial charge in [-0.25, -0.2) is 0 Å². The zero-order chi connectivity index (χ0) is 10.8. The maximum Gasteiger partial charge on any atom is 0.175 e. The number of benzene rings is 1. The van der Waals surface area contributed by atoms with E-state index < -0.39 is 0 Å². The quantitative estimate of drug-likeness (QED) is 0.721. The van der Waals surface area contributed by atoms with Crippen molar-refractivity contribution in [3.05, 3.63) is 35.9 Å². The van der Waals surface area contributed by atoms with E-state index in [0.717, 1.165) is 19.6 Å². The molecule has 1 unspecified atom stereocenters. The van der Waals surface area contributed by atoms with Crippen molar-refractivity contribution in [3.63, 3.8) is 0 Å². The van der Waals surface area contributed by atoms with Gasteiger partial charge in [-0.2, -0.15) is 0 Å². The molecule has 0 bridgehead atoms. The van der Waals surface area contributed by atoms with Crippen LogP contribution >= 0.6 is 0 Å². The van der Waals surface area contributed by atoms with Crippen LogP contribution in [0, 0.1) is 0 Å². The van der Waals surface area contributed by atoms with Crippen molar-refractivity contribution in [3.8, 4) is 0 Å². The Morgan fingerprint density at radius 3 is 2.50 bits per heavy atom. The predicted octanol–water partition coefficient (Wildman–Crippen LogP) is 3.09. The Labute approximate surface area is 96.6 Å². The molecule has 1 spiro atoms. The van der Waals surface area contributed by atoms with Crippen LogP contribution in [0.25, 0.3) is 0 Å². The van der Waals surface area contributed by atoms with Crippen molar-refractivity contribution in [2.45, 2.75) is 37.4 Å². The molecular formula is C14H18O2. The average Bonchev–Trinajstić information content (AvgIpc) is 2.80. The number of hydrogen-bond donors (Lipinski definition) is 0. The molecule has 1 aliphatic carbocycles. The molecule has 16 heavy (non-hydrogen) atoms. The highest BCUT2D eigenvalue weighted by molar-refractivity contribution is 5.23. The third-order valence-corrected chi connectivity index (χ3v) is 3.78. The number of rotatable bonds is 1. The molecule has 2 nitrogen and oxygen atoms in total. The predicted molar refractivity (Wildman–Crippen MR) is 62.3 cm³/mol. The van der Waals surface area contributed by atoms with Crippen molar-refractivity contribution in [1.29, 1.82) is 0 Å². The molecule has 0 N–H and O–H groups in total. The van der Waals surface area contributed by atoms with Crippen LogP contribution < -0.4 is 0 Å². The molecule has 0 radical (unpaired) electrons. The summed E-state index contributed by atoms with van der Waals surface area (Å²) in [6.45, 7) is 1.51. The van der Waals surface area contributed by atoms with Crippen molar-refractivity contribution in [1.82, 2.24) is 0 Å². The first-order valence-electron chi connectivity index (χ1n) is 6.24. The summed E-state index contributed by atoms with van der Waals surface area (Å²) in [6.07, 6.45) is 4.74. The SMILES string of the molecule is c1ccc(C2CCCCC23OCCO3)cc1. The lowest BCUT2D eigenvalue weighted by atomic mass is 9.79. The van der Waals surface area contributed by atoms with E-state index in [4.69, 9.17) is 9.47 Å². The normalized spacial score (nSPS) is 28.4. The van der Waals surface area contributed by atoms with Gasteiger partial charge >= 0.3 is 0 Å². The fourth-order valence-electron chi connectivity index (χ4n) is 3.04. The highest BCUT2D eigenvalue weighted by Crippen LogP contribution is 2.45. The molecular weight excluding hydrogens is 200 g/mol. The molecule has 0 aromatic heterocycles. The summed E-state index contributed by atoms with van der Waals surface area (Å²) in [5, 5.41) is 0. The fraction of sp³-hybridized carbons (Fsp3) is 0.571. The van der Waals surface area contributed by atoms with Crippen LogP contribution in [0.2, 0.25) is 0 Å². The molecule has 1 aromatic rings. The maximum atomic E-state index is 5.93. The Morgan fingerprint density at radius 1 is 1.00 bits per heavy atom. The summed E-state index contributed by atoms with van der Waals surface area (Å²) in [6, 6.07) is 10.7. The molecule has 2 fully saturated rings. The van der Waals surface area contributed by atoms with Crippen LogP contribution in [-0.2, 0) is 9.47 Å². The maximum absolute atomic E-state index is 5.93. The standard InChI is InChI=1S/C14H18O2/c1-2-6-12(7-3-1)13-8-4-5-9-14(13)15-10-11-16-14/h1-3,6-7,13H,4-5,8-11H2. The third-order valence-electron chi connectivity index (χ3n) is 3.78. The van der Waals surface area contributed by atoms with Crippen molar-refractivity contribution >= 4 is 0 Å². The summed E-state index contributed by atoms with van der Waals surface area (Å²) in [4.78, 5) is 0. The van der Waals surface area contributed by atoms with Gasteiger partial charge in [0.05, 0.1) is 13.2 Å². The van der Waals surface area contributed by atoms with Crippen LogP contribution in [0.3, 0.4) is 0 Å². The molecule has 1 aromatic carbocycles. The van der Waals surface area contributed by atoms with Crippen molar-refractivity contribution in [2.24, 2.45) is 0 Å². The molecule has 2 aliphatic rings. The van der Waals surface area contributed by atoms with Crippen LogP contribution in [-0.4, -0.2) is 19.0 Å². The second-order valence-electron chi connectivity index (χ2n) is 4.72. The van der Waals surface area contributed by atoms with E-state index >= 15 is 0 Å². The van der Waals surface area contributed by atoms with E-state index in [1.54, 1.807) is 0 Å². The fourth-order valence-corrected chi connectivity index (χ4v) is 3.04. The molecule has 1 heterocycles. The summed E-state index contributed by atoms with van der Waals surface area (Å²) in [5.41, 5.74) is 1.36. The van der Waals surface area contributed by atoms with Gasteiger partial charge in [-0.15, -0.1) is 0 Å². The summed E-state index contributed by atoms with van der Waals surface area (Å²) in [5.74, 6) is 0.115. The zero-order valence-electron chi connectivity index (χ0n) is 9.52. The second kappa shape index (κ2) is 4.19. The van der Waals surface area contributed by atoms with Gasteiger partial charge in [0, 0.05) is 12.3 Å². The number of ether oxygens (including phenoxy) is 2. The van der Waals surface area contributed by atoms with Crippen LogP contribution in [0.15, 0.2) is 30.3 Å². The van der Waals surface area contributed by atoms with Gasteiger partial charge in [-0.1, -0.05) is 36.8 Å². The van der Waals surface area contributed by atoms with Gasteiger partial charge in [0.2, 0.25) is 0 Å². The Kier molecular flexibility index (Phi) is 2.70. The minimum absolute atomic E-state index is 0.306. The van der Waals surface area contributed by atoms with E-state index in [1.165, 1.54) is 24.8 Å². The molecule has 2 heteroatoms. The Hall–Kier alpha value is -0.860. The zero-order valence-corrected chi connectivity index (χ0v) is 9.52. The molecule has 1 atom stereocenters. The van der Waals surface area contributed by atoms with Gasteiger partial charge < -0.3 is 9.47 Å². The van der Waals surface area contributed by atoms with Gasteiger partial charge in [0.25, 0.3) is 0 Å². The average molecular weight is 218 g/mol. The van der Waals surface area contributed by atoms with E-state index in [2.05, 4.69) is 30.3 Å². The molecule has 86 valence electrons. The Morgan fingerprint density at radius 2 is 1.75 bits per heavy atom. The second-order valence-corrected chi connectivity index (χ2v) is 4.72. The van der Waals surface area contributed by atoms with Crippen molar-refractivity contribution < 1.29 is 9.47 Å². The summed E-state index contributed by atoms with van der Waals surface area (Å²) in [7, 11) is 0. The number of hydrogen-bond acceptors (Lipinski definition) is 2. The lowest BCUT2D eigenvalue weighted by Gasteiger charge is -2.39. The van der Waals surface area contributed by atoms with E-state index in [1.807, 2.05) is 0 Å². The largest absolute Gasteiger partial charge is 0.347 e. The third kappa shape index (κ3) is 1.66. The van der Waals surface area contributed by atoms with E-state index in [9.17, 15) is 0 Å². The Balaban J connectivity index is 1.91. The highest BCUT2D eigenvalue weighted by Gasteiger charge is 2.46. The van der Waals surface area contributed by atoms with E-state index in [0.29, 0.717) is 5.92 Å². The van der Waals surface area contributed by atoms with Crippen LogP contribution in [0.1, 0.15) is 37.2 Å². The summed E-state index contributed by atoms with van der Waals surface area (Å²) >= 11 is 0. The van der Waals surface area contributed by atoms with Gasteiger partial charge in [-0.3, -0.25) is 0 Å². The first-order valence-corrected chi connectivity index (χ1v) is 6.24.